The molecule has 1 rings (SSSR count). The molecule has 5 nitrogen and oxygen atoms in total. The van der Waals surface area contributed by atoms with Crippen LogP contribution < -0.4 is 15.8 Å². The summed E-state index contributed by atoms with van der Waals surface area (Å²) in [6.07, 6.45) is 1.69. The van der Waals surface area contributed by atoms with E-state index < -0.39 is 0 Å². The van der Waals surface area contributed by atoms with Crippen molar-refractivity contribution in [3.8, 4) is 11.5 Å². The molecule has 94 valence electrons. The average Bonchev–Trinajstić information content (AvgIpc) is 2.35. The number of methoxy groups -OCH3 is 1. The molecule has 0 unspecified atom stereocenters. The number of nitrogens with one attached hydrogen (secondary N) is 1. The Hall–Kier alpha value is -1.75. The summed E-state index contributed by atoms with van der Waals surface area (Å²) in [6.45, 7) is 1.16. The van der Waals surface area contributed by atoms with E-state index in [1.807, 2.05) is 0 Å². The van der Waals surface area contributed by atoms with Crippen LogP contribution in [0.4, 0.5) is 0 Å². The van der Waals surface area contributed by atoms with Gasteiger partial charge in [0.15, 0.2) is 0 Å². The van der Waals surface area contributed by atoms with Gasteiger partial charge in [-0.1, -0.05) is 0 Å². The van der Waals surface area contributed by atoms with E-state index in [9.17, 15) is 9.90 Å². The van der Waals surface area contributed by atoms with Gasteiger partial charge in [0.25, 0.3) is 5.91 Å². The number of hydrogen-bond acceptors (Lipinski definition) is 4. The molecule has 17 heavy (non-hydrogen) atoms. The fourth-order valence-corrected chi connectivity index (χ4v) is 1.39. The van der Waals surface area contributed by atoms with Crippen LogP contribution in [-0.2, 0) is 0 Å². The van der Waals surface area contributed by atoms with E-state index in [0.29, 0.717) is 18.8 Å². The van der Waals surface area contributed by atoms with Gasteiger partial charge >= 0.3 is 0 Å². The Kier molecular flexibility index (Phi) is 5.29. The van der Waals surface area contributed by atoms with Crippen LogP contribution in [0.2, 0.25) is 0 Å². The number of carbonyl (C=O) groups is 1. The summed E-state index contributed by atoms with van der Waals surface area (Å²) < 4.78 is 5.00. The second-order valence-electron chi connectivity index (χ2n) is 3.63. The molecule has 1 aromatic rings. The van der Waals surface area contributed by atoms with E-state index in [1.54, 1.807) is 6.07 Å². The van der Waals surface area contributed by atoms with E-state index >= 15 is 0 Å². The van der Waals surface area contributed by atoms with Gasteiger partial charge in [0.1, 0.15) is 11.5 Å². The third kappa shape index (κ3) is 3.96. The fourth-order valence-electron chi connectivity index (χ4n) is 1.39. The Morgan fingerprint density at radius 1 is 1.47 bits per heavy atom. The number of phenols is 1. The van der Waals surface area contributed by atoms with Crippen LogP contribution in [-0.4, -0.2) is 31.2 Å². The Labute approximate surface area is 101 Å². The molecule has 0 saturated heterocycles. The molecule has 4 N–H and O–H groups in total. The standard InChI is InChI=1S/C12H18N2O3/c1-17-9-4-5-11(15)10(8-9)12(16)14-7-3-2-6-13/h4-5,8,15H,2-3,6-7,13H2,1H3,(H,14,16). The number of benzene rings is 1. The summed E-state index contributed by atoms with van der Waals surface area (Å²) in [5.41, 5.74) is 5.57. The number of unbranched alkanes of at least 4 members (excludes halogenated alkanes) is 1. The predicted molar refractivity (Wildman–Crippen MR) is 65.3 cm³/mol. The van der Waals surface area contributed by atoms with E-state index in [4.69, 9.17) is 10.5 Å². The minimum atomic E-state index is -0.307. The monoisotopic (exact) mass is 238 g/mol. The lowest BCUT2D eigenvalue weighted by Gasteiger charge is -2.08. The minimum Gasteiger partial charge on any atom is -0.507 e. The molecule has 1 aromatic carbocycles. The number of rotatable bonds is 6. The summed E-state index contributed by atoms with van der Waals surface area (Å²) in [7, 11) is 1.51. The first-order valence-electron chi connectivity index (χ1n) is 5.54. The lowest BCUT2D eigenvalue weighted by Crippen LogP contribution is -2.25. The van der Waals surface area contributed by atoms with Crippen LogP contribution in [0.5, 0.6) is 11.5 Å². The van der Waals surface area contributed by atoms with E-state index in [2.05, 4.69) is 5.32 Å². The van der Waals surface area contributed by atoms with Crippen LogP contribution in [0.1, 0.15) is 23.2 Å². The lowest BCUT2D eigenvalue weighted by molar-refractivity contribution is 0.0950. The van der Waals surface area contributed by atoms with Crippen molar-refractivity contribution in [1.82, 2.24) is 5.32 Å². The van der Waals surface area contributed by atoms with Crippen LogP contribution in [0.3, 0.4) is 0 Å². The number of hydrogen-bond donors (Lipinski definition) is 3. The van der Waals surface area contributed by atoms with E-state index in [1.165, 1.54) is 19.2 Å². The first-order chi connectivity index (χ1) is 8.19. The number of phenolic OH excluding ortho intramolecular Hbond substituents is 1. The summed E-state index contributed by atoms with van der Waals surface area (Å²) in [6, 6.07) is 4.54. The Balaban J connectivity index is 2.61. The highest BCUT2D eigenvalue weighted by atomic mass is 16.5. The van der Waals surface area contributed by atoms with Crippen molar-refractivity contribution in [3.05, 3.63) is 23.8 Å². The first kappa shape index (κ1) is 13.3. The van der Waals surface area contributed by atoms with Crippen LogP contribution in [0.15, 0.2) is 18.2 Å². The fraction of sp³-hybridized carbons (Fsp3) is 0.417. The highest BCUT2D eigenvalue weighted by Gasteiger charge is 2.11. The van der Waals surface area contributed by atoms with Gasteiger partial charge in [-0.05, 0) is 37.6 Å². The van der Waals surface area contributed by atoms with Crippen molar-refractivity contribution in [1.29, 1.82) is 0 Å². The quantitative estimate of drug-likeness (QED) is 0.642. The second kappa shape index (κ2) is 6.75. The van der Waals surface area contributed by atoms with Gasteiger partial charge in [0, 0.05) is 6.54 Å². The Bertz CT molecular complexity index is 380. The SMILES string of the molecule is COc1ccc(O)c(C(=O)NCCCCN)c1. The summed E-state index contributed by atoms with van der Waals surface area (Å²) in [4.78, 5) is 11.7. The molecule has 0 aliphatic rings. The number of nitrogens with two attached hydrogens (primary N) is 1. The Morgan fingerprint density at radius 2 is 2.24 bits per heavy atom. The van der Waals surface area contributed by atoms with Crippen molar-refractivity contribution in [3.63, 3.8) is 0 Å². The highest BCUT2D eigenvalue weighted by molar-refractivity contribution is 5.97. The maximum Gasteiger partial charge on any atom is 0.255 e. The van der Waals surface area contributed by atoms with E-state index in [0.717, 1.165) is 12.8 Å². The summed E-state index contributed by atoms with van der Waals surface area (Å²) >= 11 is 0. The van der Waals surface area contributed by atoms with Crippen LogP contribution >= 0.6 is 0 Å². The maximum absolute atomic E-state index is 11.7. The molecule has 0 saturated carbocycles. The third-order valence-electron chi connectivity index (χ3n) is 2.36. The molecule has 0 bridgehead atoms. The zero-order chi connectivity index (χ0) is 12.7. The van der Waals surface area contributed by atoms with Crippen molar-refractivity contribution >= 4 is 5.91 Å². The van der Waals surface area contributed by atoms with Gasteiger partial charge in [-0.15, -0.1) is 0 Å². The molecular weight excluding hydrogens is 220 g/mol. The number of aromatic hydroxyl groups is 1. The smallest absolute Gasteiger partial charge is 0.255 e. The lowest BCUT2D eigenvalue weighted by atomic mass is 10.1. The number of carbonyl (C=O) groups excluding carboxylic acids is 1. The zero-order valence-electron chi connectivity index (χ0n) is 9.90. The molecule has 0 aliphatic heterocycles. The molecular formula is C12H18N2O3. The highest BCUT2D eigenvalue weighted by Crippen LogP contribution is 2.22. The van der Waals surface area contributed by atoms with Crippen LogP contribution in [0.25, 0.3) is 0 Å². The topological polar surface area (TPSA) is 84.6 Å². The van der Waals surface area contributed by atoms with Crippen molar-refractivity contribution < 1.29 is 14.6 Å². The van der Waals surface area contributed by atoms with Gasteiger partial charge in [0.2, 0.25) is 0 Å². The van der Waals surface area contributed by atoms with Gasteiger partial charge in [-0.2, -0.15) is 0 Å². The van der Waals surface area contributed by atoms with Gasteiger partial charge in [0.05, 0.1) is 12.7 Å². The van der Waals surface area contributed by atoms with Gasteiger partial charge < -0.3 is 20.9 Å². The minimum absolute atomic E-state index is 0.0536. The van der Waals surface area contributed by atoms with E-state index in [-0.39, 0.29) is 17.2 Å². The second-order valence-corrected chi connectivity index (χ2v) is 3.63. The van der Waals surface area contributed by atoms with Crippen molar-refractivity contribution in [2.45, 2.75) is 12.8 Å². The van der Waals surface area contributed by atoms with Crippen molar-refractivity contribution in [2.24, 2.45) is 5.73 Å². The summed E-state index contributed by atoms with van der Waals surface area (Å²) in [5.74, 6) is 0.176. The van der Waals surface area contributed by atoms with Crippen LogP contribution in [0, 0.1) is 0 Å². The zero-order valence-corrected chi connectivity index (χ0v) is 9.90. The molecule has 0 spiro atoms. The molecule has 0 heterocycles. The summed E-state index contributed by atoms with van der Waals surface area (Å²) in [5, 5.41) is 12.3. The normalized spacial score (nSPS) is 10.0. The molecule has 0 aliphatic carbocycles. The average molecular weight is 238 g/mol. The Morgan fingerprint density at radius 3 is 2.88 bits per heavy atom. The van der Waals surface area contributed by atoms with Crippen molar-refractivity contribution in [2.75, 3.05) is 20.2 Å². The maximum atomic E-state index is 11.7. The first-order valence-corrected chi connectivity index (χ1v) is 5.54. The predicted octanol–water partition coefficient (Wildman–Crippen LogP) is 0.869. The van der Waals surface area contributed by atoms with Gasteiger partial charge in [-0.25, -0.2) is 0 Å². The van der Waals surface area contributed by atoms with Gasteiger partial charge in [-0.3, -0.25) is 4.79 Å². The molecule has 0 fully saturated rings. The largest absolute Gasteiger partial charge is 0.507 e. The molecule has 0 radical (unpaired) electrons. The third-order valence-corrected chi connectivity index (χ3v) is 2.36. The molecule has 0 atom stereocenters. The molecule has 0 aromatic heterocycles. The number of ether oxygens (including phenoxy) is 1. The number of amides is 1. The molecule has 1 amide bonds. The molecule has 5 heteroatoms.